The predicted octanol–water partition coefficient (Wildman–Crippen LogP) is 2.44. The number of hydrogen-bond donors (Lipinski definition) is 2. The standard InChI is InChI=1S/C15H30N5O2/c1-4-14(2,3)12-5-8-15(9-6-12)13(7-10-21-15)20(17)22-19-11-18-16/h11-13H,4-10,16-17H2,1-3H3/q-1. The van der Waals surface area contributed by atoms with Crippen molar-refractivity contribution in [2.75, 3.05) is 6.61 Å². The van der Waals surface area contributed by atoms with Crippen LogP contribution in [0.4, 0.5) is 0 Å². The molecule has 0 aromatic heterocycles. The fourth-order valence-electron chi connectivity index (χ4n) is 3.91. The van der Waals surface area contributed by atoms with Crippen LogP contribution in [0.25, 0.3) is 5.43 Å². The highest BCUT2D eigenvalue weighted by molar-refractivity contribution is 5.67. The van der Waals surface area contributed by atoms with Crippen molar-refractivity contribution in [1.29, 1.82) is 0 Å². The molecule has 7 nitrogen and oxygen atoms in total. The highest BCUT2D eigenvalue weighted by Gasteiger charge is 2.50. The Morgan fingerprint density at radius 1 is 1.41 bits per heavy atom. The molecule has 2 fully saturated rings. The van der Waals surface area contributed by atoms with Crippen molar-refractivity contribution < 1.29 is 9.68 Å². The summed E-state index contributed by atoms with van der Waals surface area (Å²) in [6.45, 7) is 7.72. The molecule has 1 aliphatic carbocycles. The Balaban J connectivity index is 1.97. The first-order valence-corrected chi connectivity index (χ1v) is 8.22. The van der Waals surface area contributed by atoms with Crippen molar-refractivity contribution in [3.8, 4) is 0 Å². The zero-order chi connectivity index (χ0) is 16.2. The third-order valence-electron chi connectivity index (χ3n) is 5.80. The first kappa shape index (κ1) is 17.5. The van der Waals surface area contributed by atoms with Gasteiger partial charge in [-0.15, -0.1) is 0 Å². The molecule has 22 heavy (non-hydrogen) atoms. The maximum absolute atomic E-state index is 6.11. The Bertz CT molecular complexity index is 380. The Kier molecular flexibility index (Phi) is 5.65. The van der Waals surface area contributed by atoms with Gasteiger partial charge in [0, 0.05) is 6.61 Å². The molecule has 1 unspecified atom stereocenters. The van der Waals surface area contributed by atoms with Gasteiger partial charge < -0.3 is 20.9 Å². The van der Waals surface area contributed by atoms with E-state index in [-0.39, 0.29) is 11.6 Å². The minimum absolute atomic E-state index is 0.0214. The normalized spacial score (nSPS) is 33.0. The molecular formula is C15H30N5O2-. The van der Waals surface area contributed by atoms with Crippen LogP contribution < -0.4 is 11.7 Å². The number of nitrogens with two attached hydrogens (primary N) is 2. The van der Waals surface area contributed by atoms with E-state index in [1.807, 2.05) is 0 Å². The van der Waals surface area contributed by atoms with Gasteiger partial charge in [-0.25, -0.2) is 5.84 Å². The van der Waals surface area contributed by atoms with Gasteiger partial charge in [0.1, 0.15) is 0 Å². The van der Waals surface area contributed by atoms with Gasteiger partial charge in [0.15, 0.2) is 0 Å². The lowest BCUT2D eigenvalue weighted by molar-refractivity contribution is -0.223. The molecule has 0 radical (unpaired) electrons. The molecule has 0 aromatic rings. The minimum Gasteiger partial charge on any atom is -0.409 e. The molecular weight excluding hydrogens is 282 g/mol. The third-order valence-corrected chi connectivity index (χ3v) is 5.80. The van der Waals surface area contributed by atoms with Crippen molar-refractivity contribution in [2.24, 2.45) is 28.2 Å². The molecule has 4 N–H and O–H groups in total. The van der Waals surface area contributed by atoms with E-state index in [1.165, 1.54) is 24.4 Å². The lowest BCUT2D eigenvalue weighted by Gasteiger charge is -2.46. The van der Waals surface area contributed by atoms with E-state index in [2.05, 4.69) is 31.4 Å². The summed E-state index contributed by atoms with van der Waals surface area (Å²) in [6, 6.07) is 0.0214. The summed E-state index contributed by atoms with van der Waals surface area (Å²) in [7, 11) is 0. The van der Waals surface area contributed by atoms with E-state index >= 15 is 0 Å². The first-order valence-electron chi connectivity index (χ1n) is 8.22. The van der Waals surface area contributed by atoms with Gasteiger partial charge in [0.2, 0.25) is 0 Å². The van der Waals surface area contributed by atoms with Crippen LogP contribution in [0, 0.1) is 11.3 Å². The molecule has 1 aliphatic heterocycles. The summed E-state index contributed by atoms with van der Waals surface area (Å²) in [5, 5.41) is 4.91. The van der Waals surface area contributed by atoms with E-state index in [0.29, 0.717) is 12.0 Å². The number of rotatable bonds is 6. The SMILES string of the molecule is CCC(C)(C)C1CCC2(CC1)OCCC2N(N)O/N=C/[N-]N. The van der Waals surface area contributed by atoms with Crippen LogP contribution in [0.2, 0.25) is 0 Å². The van der Waals surface area contributed by atoms with Crippen molar-refractivity contribution in [3.63, 3.8) is 0 Å². The van der Waals surface area contributed by atoms with Crippen LogP contribution in [0.15, 0.2) is 5.16 Å². The molecule has 2 rings (SSSR count). The van der Waals surface area contributed by atoms with Crippen LogP contribution in [0.5, 0.6) is 0 Å². The summed E-state index contributed by atoms with van der Waals surface area (Å²) >= 11 is 0. The molecule has 0 aromatic carbocycles. The fourth-order valence-corrected chi connectivity index (χ4v) is 3.91. The molecule has 2 aliphatic rings. The first-order chi connectivity index (χ1) is 10.4. The fraction of sp³-hybridized carbons (Fsp3) is 0.933. The lowest BCUT2D eigenvalue weighted by Crippen LogP contribution is -2.54. The van der Waals surface area contributed by atoms with Crippen LogP contribution in [0.1, 0.15) is 59.3 Å². The van der Waals surface area contributed by atoms with Gasteiger partial charge in [0.25, 0.3) is 0 Å². The number of hydroxylamine groups is 1. The number of hydrazine groups is 1. The van der Waals surface area contributed by atoms with Crippen LogP contribution >= 0.6 is 0 Å². The molecule has 1 spiro atoms. The smallest absolute Gasteiger partial charge is 0.0934 e. The molecule has 128 valence electrons. The average molecular weight is 312 g/mol. The third kappa shape index (κ3) is 3.53. The maximum atomic E-state index is 6.11. The number of ether oxygens (including phenoxy) is 1. The molecule has 1 heterocycles. The van der Waals surface area contributed by atoms with Gasteiger partial charge in [-0.3, -0.25) is 5.16 Å². The summed E-state index contributed by atoms with van der Waals surface area (Å²) in [5.74, 6) is 11.7. The zero-order valence-electron chi connectivity index (χ0n) is 14.0. The largest absolute Gasteiger partial charge is 0.409 e. The van der Waals surface area contributed by atoms with Crippen molar-refractivity contribution in [2.45, 2.75) is 70.9 Å². The average Bonchev–Trinajstić information content (AvgIpc) is 2.91. The van der Waals surface area contributed by atoms with E-state index in [0.717, 1.165) is 31.5 Å². The summed E-state index contributed by atoms with van der Waals surface area (Å²) in [5.41, 5.74) is 3.44. The Morgan fingerprint density at radius 2 is 2.09 bits per heavy atom. The number of oxime groups is 1. The van der Waals surface area contributed by atoms with Crippen molar-refractivity contribution in [3.05, 3.63) is 5.43 Å². The summed E-state index contributed by atoms with van der Waals surface area (Å²) in [4.78, 5) is 5.14. The number of nitrogens with zero attached hydrogens (tertiary/aromatic N) is 3. The summed E-state index contributed by atoms with van der Waals surface area (Å²) < 4.78 is 6.11. The van der Waals surface area contributed by atoms with E-state index < -0.39 is 0 Å². The zero-order valence-corrected chi connectivity index (χ0v) is 14.0. The topological polar surface area (TPSA) is 100 Å². The molecule has 0 bridgehead atoms. The quantitative estimate of drug-likeness (QED) is 0.339. The minimum atomic E-state index is -0.204. The van der Waals surface area contributed by atoms with Crippen molar-refractivity contribution >= 4 is 6.34 Å². The molecule has 7 heteroatoms. The highest BCUT2D eigenvalue weighted by atomic mass is 16.8. The molecule has 0 amide bonds. The van der Waals surface area contributed by atoms with E-state index in [4.69, 9.17) is 21.4 Å². The predicted molar refractivity (Wildman–Crippen MR) is 86.3 cm³/mol. The number of hydrogen-bond acceptors (Lipinski definition) is 6. The lowest BCUT2D eigenvalue weighted by atomic mass is 9.65. The second-order valence-corrected chi connectivity index (χ2v) is 7.15. The van der Waals surface area contributed by atoms with Gasteiger partial charge >= 0.3 is 0 Å². The van der Waals surface area contributed by atoms with E-state index in [1.54, 1.807) is 0 Å². The van der Waals surface area contributed by atoms with Gasteiger partial charge in [-0.05, 0) is 43.4 Å². The Hall–Kier alpha value is -0.890. The second-order valence-electron chi connectivity index (χ2n) is 7.15. The molecule has 1 atom stereocenters. The Morgan fingerprint density at radius 3 is 2.68 bits per heavy atom. The van der Waals surface area contributed by atoms with Crippen LogP contribution in [-0.2, 0) is 9.68 Å². The molecule has 1 saturated carbocycles. The van der Waals surface area contributed by atoms with Gasteiger partial charge in [0.05, 0.1) is 11.6 Å². The van der Waals surface area contributed by atoms with Crippen LogP contribution in [0.3, 0.4) is 0 Å². The van der Waals surface area contributed by atoms with Gasteiger partial charge in [-0.2, -0.15) is 0 Å². The maximum Gasteiger partial charge on any atom is 0.0934 e. The molecule has 1 saturated heterocycles. The summed E-state index contributed by atoms with van der Waals surface area (Å²) in [6.07, 6.45) is 7.58. The van der Waals surface area contributed by atoms with Gasteiger partial charge in [-0.1, -0.05) is 38.7 Å². The van der Waals surface area contributed by atoms with Crippen molar-refractivity contribution in [1.82, 2.24) is 5.17 Å². The van der Waals surface area contributed by atoms with E-state index in [9.17, 15) is 0 Å². The Labute approximate surface area is 133 Å². The monoisotopic (exact) mass is 312 g/mol. The highest BCUT2D eigenvalue weighted by Crippen LogP contribution is 2.48. The second kappa shape index (κ2) is 7.12. The van der Waals surface area contributed by atoms with Crippen LogP contribution in [-0.4, -0.2) is 29.8 Å².